The summed E-state index contributed by atoms with van der Waals surface area (Å²) in [6.45, 7) is 2.25. The summed E-state index contributed by atoms with van der Waals surface area (Å²) in [6.07, 6.45) is 3.44. The van der Waals surface area contributed by atoms with E-state index < -0.39 is 0 Å². The lowest BCUT2D eigenvalue weighted by atomic mass is 9.80. The summed E-state index contributed by atoms with van der Waals surface area (Å²) in [6, 6.07) is 11.6. The molecule has 0 spiro atoms. The largest absolute Gasteiger partial charge is 0.454 e. The van der Waals surface area contributed by atoms with Crippen LogP contribution >= 0.6 is 0 Å². The Kier molecular flexibility index (Phi) is 8.41. The maximum absolute atomic E-state index is 13.0. The van der Waals surface area contributed by atoms with E-state index in [9.17, 15) is 14.0 Å². The number of carbonyl (C=O) groups excluding carboxylic acids is 2. The Hall–Kier alpha value is -3.33. The Labute approximate surface area is 204 Å². The molecule has 2 aliphatic rings. The molecule has 35 heavy (non-hydrogen) atoms. The molecule has 0 radical (unpaired) electrons. The number of urea groups is 1. The second kappa shape index (κ2) is 11.9. The van der Waals surface area contributed by atoms with E-state index in [2.05, 4.69) is 5.32 Å². The molecule has 9 heteroatoms. The number of nitrogens with two attached hydrogens (primary N) is 1. The maximum Gasteiger partial charge on any atom is 0.314 e. The van der Waals surface area contributed by atoms with E-state index in [0.29, 0.717) is 25.6 Å². The first kappa shape index (κ1) is 24.8. The number of halogens is 1. The van der Waals surface area contributed by atoms with Crippen LogP contribution in [0.15, 0.2) is 42.5 Å². The van der Waals surface area contributed by atoms with E-state index in [1.54, 1.807) is 17.0 Å². The number of ether oxygens (including phenoxy) is 3. The number of piperidine rings is 1. The highest BCUT2D eigenvalue weighted by Crippen LogP contribution is 2.34. The molecule has 0 bridgehead atoms. The molecule has 188 valence electrons. The number of fused-ring (bicyclic) bond motifs is 1. The number of rotatable bonds is 10. The Balaban J connectivity index is 1.22. The normalized spacial score (nSPS) is 18.9. The highest BCUT2D eigenvalue weighted by molar-refractivity contribution is 5.77. The van der Waals surface area contributed by atoms with Gasteiger partial charge in [0.2, 0.25) is 12.7 Å². The number of amides is 3. The number of nitrogens with zero attached hydrogens (tertiary/aromatic N) is 1. The SMILES string of the molecule is NC(=O)N1CCC(CCNC(=O)COCc2ccc(F)cc2)C(CCc2ccc3c(c2)OCO3)C1. The summed E-state index contributed by atoms with van der Waals surface area (Å²) < 4.78 is 29.3. The van der Waals surface area contributed by atoms with Crippen molar-refractivity contribution in [3.05, 3.63) is 59.4 Å². The third-order valence-corrected chi connectivity index (χ3v) is 6.70. The molecule has 8 nitrogen and oxygen atoms in total. The van der Waals surface area contributed by atoms with Crippen LogP contribution in [0.3, 0.4) is 0 Å². The molecule has 1 saturated heterocycles. The van der Waals surface area contributed by atoms with Crippen molar-refractivity contribution in [2.75, 3.05) is 33.0 Å². The Morgan fingerprint density at radius 1 is 1.06 bits per heavy atom. The zero-order valence-electron chi connectivity index (χ0n) is 19.7. The van der Waals surface area contributed by atoms with Gasteiger partial charge in [0.1, 0.15) is 12.4 Å². The summed E-state index contributed by atoms with van der Waals surface area (Å²) in [7, 11) is 0. The van der Waals surface area contributed by atoms with E-state index in [4.69, 9.17) is 19.9 Å². The molecule has 0 aromatic heterocycles. The minimum absolute atomic E-state index is 0.0506. The average molecular weight is 486 g/mol. The molecule has 0 saturated carbocycles. The molecule has 3 N–H and O–H groups in total. The number of nitrogens with one attached hydrogen (secondary N) is 1. The smallest absolute Gasteiger partial charge is 0.314 e. The monoisotopic (exact) mass is 485 g/mol. The molecule has 1 fully saturated rings. The fourth-order valence-corrected chi connectivity index (χ4v) is 4.73. The number of hydrogen-bond acceptors (Lipinski definition) is 5. The van der Waals surface area contributed by atoms with Gasteiger partial charge in [-0.05, 0) is 72.9 Å². The summed E-state index contributed by atoms with van der Waals surface area (Å²) >= 11 is 0. The molecule has 3 amide bonds. The van der Waals surface area contributed by atoms with Gasteiger partial charge in [0.25, 0.3) is 0 Å². The van der Waals surface area contributed by atoms with Gasteiger partial charge in [-0.2, -0.15) is 0 Å². The predicted molar refractivity (Wildman–Crippen MR) is 127 cm³/mol. The van der Waals surface area contributed by atoms with Crippen LogP contribution in [0, 0.1) is 17.7 Å². The molecular weight excluding hydrogens is 453 g/mol. The Morgan fingerprint density at radius 3 is 2.63 bits per heavy atom. The number of carbonyl (C=O) groups is 2. The van der Waals surface area contributed by atoms with Crippen molar-refractivity contribution >= 4 is 11.9 Å². The quantitative estimate of drug-likeness (QED) is 0.538. The summed E-state index contributed by atoms with van der Waals surface area (Å²) in [4.78, 5) is 25.6. The molecule has 2 atom stereocenters. The van der Waals surface area contributed by atoms with Gasteiger partial charge in [0.15, 0.2) is 11.5 Å². The number of likely N-dealkylation sites (tertiary alicyclic amines) is 1. The van der Waals surface area contributed by atoms with Crippen LogP contribution in [0.2, 0.25) is 0 Å². The fraction of sp³-hybridized carbons (Fsp3) is 0.462. The van der Waals surface area contributed by atoms with Crippen LogP contribution in [0.5, 0.6) is 11.5 Å². The lowest BCUT2D eigenvalue weighted by molar-refractivity contribution is -0.126. The number of primary amides is 1. The van der Waals surface area contributed by atoms with Crippen molar-refractivity contribution in [2.45, 2.75) is 32.3 Å². The molecule has 2 aromatic carbocycles. The minimum Gasteiger partial charge on any atom is -0.454 e. The lowest BCUT2D eigenvalue weighted by Crippen LogP contribution is -2.47. The number of hydrogen-bond donors (Lipinski definition) is 2. The van der Waals surface area contributed by atoms with E-state index in [1.165, 1.54) is 12.1 Å². The van der Waals surface area contributed by atoms with Crippen LogP contribution in [0.25, 0.3) is 0 Å². The van der Waals surface area contributed by atoms with Crippen LogP contribution in [-0.2, 0) is 22.6 Å². The Morgan fingerprint density at radius 2 is 1.83 bits per heavy atom. The van der Waals surface area contributed by atoms with Crippen molar-refractivity contribution in [1.82, 2.24) is 10.2 Å². The average Bonchev–Trinajstić information content (AvgIpc) is 3.32. The standard InChI is InChI=1S/C26H32FN3O5/c27-22-6-2-19(3-7-22)15-33-16-25(31)29-11-9-20-10-12-30(26(28)32)14-21(20)5-1-18-4-8-23-24(13-18)35-17-34-23/h2-4,6-8,13,20-21H,1,5,9-12,14-17H2,(H2,28,32)(H,29,31). The molecule has 2 heterocycles. The topological polar surface area (TPSA) is 103 Å². The number of benzene rings is 2. The molecule has 2 aliphatic heterocycles. The zero-order valence-corrected chi connectivity index (χ0v) is 19.7. The highest BCUT2D eigenvalue weighted by atomic mass is 19.1. The maximum atomic E-state index is 13.0. The van der Waals surface area contributed by atoms with Gasteiger partial charge in [0.05, 0.1) is 6.61 Å². The summed E-state index contributed by atoms with van der Waals surface area (Å²) in [5, 5.41) is 2.92. The fourth-order valence-electron chi connectivity index (χ4n) is 4.73. The second-order valence-corrected chi connectivity index (χ2v) is 9.08. The van der Waals surface area contributed by atoms with E-state index in [1.807, 2.05) is 18.2 Å². The highest BCUT2D eigenvalue weighted by Gasteiger charge is 2.30. The van der Waals surface area contributed by atoms with Crippen molar-refractivity contribution in [3.63, 3.8) is 0 Å². The van der Waals surface area contributed by atoms with Crippen molar-refractivity contribution in [1.29, 1.82) is 0 Å². The van der Waals surface area contributed by atoms with Gasteiger partial charge in [0, 0.05) is 19.6 Å². The first-order valence-electron chi connectivity index (χ1n) is 12.0. The van der Waals surface area contributed by atoms with Crippen LogP contribution in [-0.4, -0.2) is 49.9 Å². The van der Waals surface area contributed by atoms with Crippen LogP contribution < -0.4 is 20.5 Å². The molecule has 2 unspecified atom stereocenters. The molecule has 4 rings (SSSR count). The van der Waals surface area contributed by atoms with Crippen molar-refractivity contribution < 1.29 is 28.2 Å². The molecule has 2 aromatic rings. The van der Waals surface area contributed by atoms with Crippen molar-refractivity contribution in [3.8, 4) is 11.5 Å². The van der Waals surface area contributed by atoms with Crippen LogP contribution in [0.1, 0.15) is 30.4 Å². The first-order chi connectivity index (χ1) is 17.0. The van der Waals surface area contributed by atoms with Gasteiger partial charge < -0.3 is 30.2 Å². The predicted octanol–water partition coefficient (Wildman–Crippen LogP) is 3.23. The van der Waals surface area contributed by atoms with Gasteiger partial charge >= 0.3 is 6.03 Å². The van der Waals surface area contributed by atoms with E-state index in [-0.39, 0.29) is 43.7 Å². The zero-order chi connectivity index (χ0) is 24.6. The van der Waals surface area contributed by atoms with Gasteiger partial charge in [-0.3, -0.25) is 4.79 Å². The Bertz CT molecular complexity index is 1020. The van der Waals surface area contributed by atoms with Crippen molar-refractivity contribution in [2.24, 2.45) is 17.6 Å². The summed E-state index contributed by atoms with van der Waals surface area (Å²) in [5.41, 5.74) is 7.52. The van der Waals surface area contributed by atoms with E-state index in [0.717, 1.165) is 48.3 Å². The minimum atomic E-state index is -0.386. The third kappa shape index (κ3) is 7.08. The second-order valence-electron chi connectivity index (χ2n) is 9.08. The van der Waals surface area contributed by atoms with Gasteiger partial charge in [-0.1, -0.05) is 18.2 Å². The van der Waals surface area contributed by atoms with Gasteiger partial charge in [-0.15, -0.1) is 0 Å². The molecular formula is C26H32FN3O5. The van der Waals surface area contributed by atoms with E-state index >= 15 is 0 Å². The number of aryl methyl sites for hydroxylation is 1. The van der Waals surface area contributed by atoms with Gasteiger partial charge in [-0.25, -0.2) is 9.18 Å². The lowest BCUT2D eigenvalue weighted by Gasteiger charge is -2.38. The first-order valence-corrected chi connectivity index (χ1v) is 12.0. The van der Waals surface area contributed by atoms with Crippen LogP contribution in [0.4, 0.5) is 9.18 Å². The molecule has 0 aliphatic carbocycles. The summed E-state index contributed by atoms with van der Waals surface area (Å²) in [5.74, 6) is 1.71. The third-order valence-electron chi connectivity index (χ3n) is 6.70.